The van der Waals surface area contributed by atoms with E-state index < -0.39 is 0 Å². The van der Waals surface area contributed by atoms with Crippen LogP contribution in [0.2, 0.25) is 0 Å². The van der Waals surface area contributed by atoms with Gasteiger partial charge in [0.1, 0.15) is 0 Å². The Morgan fingerprint density at radius 1 is 0.587 bits per heavy atom. The minimum Gasteiger partial charge on any atom is -0.309 e. The summed E-state index contributed by atoms with van der Waals surface area (Å²) in [6.45, 7) is 15.1. The molecule has 1 heterocycles. The van der Waals surface area contributed by atoms with E-state index in [1.54, 1.807) is 12.1 Å². The summed E-state index contributed by atoms with van der Waals surface area (Å²) >= 11 is 0. The van der Waals surface area contributed by atoms with Crippen LogP contribution in [-0.4, -0.2) is 4.57 Å². The highest BCUT2D eigenvalue weighted by atomic mass is 15.0. The fraction of sp³-hybridized carbons (Fsp3) is 0.171. The second-order valence-electron chi connectivity index (χ2n) is 12.5. The molecule has 0 radical (unpaired) electrons. The molecule has 5 nitrogen and oxygen atoms in total. The third-order valence-corrected chi connectivity index (χ3v) is 10.2. The van der Waals surface area contributed by atoms with Crippen LogP contribution in [0.3, 0.4) is 0 Å². The lowest BCUT2D eigenvalue weighted by molar-refractivity contribution is 0.480. The zero-order valence-corrected chi connectivity index (χ0v) is 25.0. The van der Waals surface area contributed by atoms with Gasteiger partial charge in [0.05, 0.1) is 36.3 Å². The lowest BCUT2D eigenvalue weighted by Gasteiger charge is -2.22. The highest BCUT2D eigenvalue weighted by Crippen LogP contribution is 2.56. The van der Waals surface area contributed by atoms with Crippen LogP contribution in [0.4, 0.5) is 11.4 Å². The van der Waals surface area contributed by atoms with E-state index in [2.05, 4.69) is 87.1 Å². The summed E-state index contributed by atoms with van der Waals surface area (Å²) in [5, 5.41) is 21.4. The number of benzene rings is 5. The molecule has 2 bridgehead atoms. The standard InChI is InChI=1S/C41H27N5/c1-44-33-17-25(23-42)15-31(19-33)29-11-13-39-36(21-29)37-22-30(32-16-26(24-43)18-34(20-32)45-2)12-14-40(37)46(39)38-6-4-3-5-35(38)41-27-7-8-28(41)10-9-27/h3-6,11-22,27-28,41H,7-10H2. The molecule has 0 N–H and O–H groups in total. The monoisotopic (exact) mass is 589 g/mol. The number of para-hydroxylation sites is 1. The molecule has 0 amide bonds. The first-order valence-electron chi connectivity index (χ1n) is 15.6. The number of hydrogen-bond acceptors (Lipinski definition) is 2. The van der Waals surface area contributed by atoms with Crippen LogP contribution in [0.25, 0.3) is 59.4 Å². The molecule has 1 aromatic heterocycles. The first-order chi connectivity index (χ1) is 22.6. The SMILES string of the molecule is [C-]#[N+]c1cc(C#N)cc(-c2ccc3c(c2)c2cc(-c4cc(C#N)cc([N+]#[C-])c4)ccc2n3-c2ccccc2C2C3CCC2CC3)c1. The maximum atomic E-state index is 9.65. The van der Waals surface area contributed by atoms with Crippen LogP contribution >= 0.6 is 0 Å². The Hall–Kier alpha value is -6.14. The average molecular weight is 590 g/mol. The Morgan fingerprint density at radius 3 is 1.57 bits per heavy atom. The number of nitriles is 2. The lowest BCUT2D eigenvalue weighted by atomic mass is 9.88. The van der Waals surface area contributed by atoms with Gasteiger partial charge in [0.15, 0.2) is 11.4 Å². The van der Waals surface area contributed by atoms with E-state index in [-0.39, 0.29) is 0 Å². The summed E-state index contributed by atoms with van der Waals surface area (Å²) in [7, 11) is 0. The van der Waals surface area contributed by atoms with Crippen molar-refractivity contribution in [3.8, 4) is 40.1 Å². The molecule has 216 valence electrons. The first kappa shape index (κ1) is 27.4. The van der Waals surface area contributed by atoms with E-state index >= 15 is 0 Å². The van der Waals surface area contributed by atoms with Crippen LogP contribution in [0.15, 0.2) is 97.1 Å². The molecule has 6 aromatic rings. The van der Waals surface area contributed by atoms with Gasteiger partial charge in [-0.1, -0.05) is 30.3 Å². The first-order valence-corrected chi connectivity index (χ1v) is 15.6. The van der Waals surface area contributed by atoms with Crippen molar-refractivity contribution in [3.05, 3.63) is 137 Å². The number of aromatic nitrogens is 1. The Morgan fingerprint density at radius 2 is 1.09 bits per heavy atom. The van der Waals surface area contributed by atoms with Gasteiger partial charge in [-0.3, -0.25) is 0 Å². The van der Waals surface area contributed by atoms with Gasteiger partial charge in [0.25, 0.3) is 0 Å². The quantitative estimate of drug-likeness (QED) is 0.192. The van der Waals surface area contributed by atoms with Crippen molar-refractivity contribution in [2.45, 2.75) is 31.6 Å². The molecule has 2 saturated carbocycles. The predicted molar refractivity (Wildman–Crippen MR) is 182 cm³/mol. The molecule has 5 aromatic carbocycles. The molecule has 46 heavy (non-hydrogen) atoms. The molecule has 5 heteroatoms. The van der Waals surface area contributed by atoms with E-state index in [1.165, 1.54) is 36.9 Å². The highest BCUT2D eigenvalue weighted by Gasteiger charge is 2.43. The summed E-state index contributed by atoms with van der Waals surface area (Å²) in [4.78, 5) is 7.22. The van der Waals surface area contributed by atoms with Gasteiger partial charge in [-0.05, 0) is 138 Å². The van der Waals surface area contributed by atoms with Crippen LogP contribution in [-0.2, 0) is 0 Å². The molecule has 8 rings (SSSR count). The third kappa shape index (κ3) is 4.34. The molecule has 2 aliphatic rings. The Labute approximate surface area is 267 Å². The van der Waals surface area contributed by atoms with E-state index in [9.17, 15) is 10.5 Å². The van der Waals surface area contributed by atoms with Gasteiger partial charge < -0.3 is 4.57 Å². The Bertz CT molecular complexity index is 2180. The predicted octanol–water partition coefficient (Wildman–Crippen LogP) is 10.9. The molecular weight excluding hydrogens is 562 g/mol. The fourth-order valence-corrected chi connectivity index (χ4v) is 8.18. The Kier molecular flexibility index (Phi) is 6.43. The van der Waals surface area contributed by atoms with Gasteiger partial charge in [0.2, 0.25) is 0 Å². The second kappa shape index (κ2) is 10.8. The molecule has 0 aliphatic heterocycles. The number of fused-ring (bicyclic) bond motifs is 5. The van der Waals surface area contributed by atoms with Crippen molar-refractivity contribution in [2.75, 3.05) is 0 Å². The maximum Gasteiger partial charge on any atom is 0.189 e. The fourth-order valence-electron chi connectivity index (χ4n) is 8.18. The largest absolute Gasteiger partial charge is 0.309 e. The van der Waals surface area contributed by atoms with Gasteiger partial charge in [-0.15, -0.1) is 0 Å². The molecule has 0 saturated heterocycles. The molecule has 0 spiro atoms. The van der Waals surface area contributed by atoms with E-state index in [0.717, 1.165) is 55.9 Å². The molecular formula is C41H27N5. The van der Waals surface area contributed by atoms with E-state index in [4.69, 9.17) is 13.1 Å². The minimum absolute atomic E-state index is 0.437. The summed E-state index contributed by atoms with van der Waals surface area (Å²) in [5.74, 6) is 2.06. The second-order valence-corrected chi connectivity index (χ2v) is 12.5. The zero-order valence-electron chi connectivity index (χ0n) is 25.0. The van der Waals surface area contributed by atoms with E-state index in [0.29, 0.717) is 28.4 Å². The number of hydrogen-bond donors (Lipinski definition) is 0. The van der Waals surface area contributed by atoms with Crippen molar-refractivity contribution in [2.24, 2.45) is 11.8 Å². The third-order valence-electron chi connectivity index (χ3n) is 10.2. The zero-order chi connectivity index (χ0) is 31.4. The van der Waals surface area contributed by atoms with Crippen molar-refractivity contribution < 1.29 is 0 Å². The lowest BCUT2D eigenvalue weighted by Crippen LogP contribution is -2.09. The highest BCUT2D eigenvalue weighted by molar-refractivity contribution is 6.12. The van der Waals surface area contributed by atoms with Crippen LogP contribution in [0, 0.1) is 47.6 Å². The molecule has 0 unspecified atom stereocenters. The summed E-state index contributed by atoms with van der Waals surface area (Å²) in [5.41, 5.74) is 10.1. The molecule has 2 aliphatic carbocycles. The van der Waals surface area contributed by atoms with Crippen molar-refractivity contribution in [3.63, 3.8) is 0 Å². The van der Waals surface area contributed by atoms with Gasteiger partial charge in [0, 0.05) is 27.6 Å². The molecule has 2 fully saturated rings. The van der Waals surface area contributed by atoms with Gasteiger partial charge in [-0.25, -0.2) is 9.69 Å². The van der Waals surface area contributed by atoms with Gasteiger partial charge >= 0.3 is 0 Å². The van der Waals surface area contributed by atoms with Crippen molar-refractivity contribution >= 4 is 33.2 Å². The van der Waals surface area contributed by atoms with Crippen molar-refractivity contribution in [1.29, 1.82) is 10.5 Å². The van der Waals surface area contributed by atoms with Crippen LogP contribution in [0.5, 0.6) is 0 Å². The topological polar surface area (TPSA) is 61.2 Å². The van der Waals surface area contributed by atoms with Crippen LogP contribution in [0.1, 0.15) is 48.3 Å². The summed E-state index contributed by atoms with van der Waals surface area (Å²) in [6.07, 6.45) is 5.25. The summed E-state index contributed by atoms with van der Waals surface area (Å²) < 4.78 is 2.40. The number of rotatable bonds is 4. The van der Waals surface area contributed by atoms with Crippen LogP contribution < -0.4 is 0 Å². The minimum atomic E-state index is 0.437. The Balaban J connectivity index is 1.40. The summed E-state index contributed by atoms with van der Waals surface area (Å²) in [6, 6.07) is 36.7. The average Bonchev–Trinajstić information content (AvgIpc) is 3.81. The number of nitrogens with zero attached hydrogens (tertiary/aromatic N) is 5. The van der Waals surface area contributed by atoms with E-state index in [1.807, 2.05) is 24.3 Å². The van der Waals surface area contributed by atoms with Crippen molar-refractivity contribution in [1.82, 2.24) is 4.57 Å². The normalized spacial score (nSPS) is 18.2. The van der Waals surface area contributed by atoms with Gasteiger partial charge in [-0.2, -0.15) is 10.5 Å². The smallest absolute Gasteiger partial charge is 0.189 e. The molecule has 0 atom stereocenters. The maximum absolute atomic E-state index is 9.65.